The van der Waals surface area contributed by atoms with Gasteiger partial charge >= 0.3 is 0 Å². The van der Waals surface area contributed by atoms with Crippen LogP contribution < -0.4 is 9.64 Å². The number of rotatable bonds is 1. The fourth-order valence-electron chi connectivity index (χ4n) is 2.05. The molecule has 1 aromatic rings. The van der Waals surface area contributed by atoms with Crippen molar-refractivity contribution in [2.45, 2.75) is 18.4 Å². The molecule has 1 aromatic carbocycles. The van der Waals surface area contributed by atoms with Crippen LogP contribution in [-0.4, -0.2) is 25.3 Å². The van der Waals surface area contributed by atoms with E-state index in [-0.39, 0.29) is 0 Å². The van der Waals surface area contributed by atoms with Crippen molar-refractivity contribution < 1.29 is 9.84 Å². The van der Waals surface area contributed by atoms with E-state index < -0.39 is 5.60 Å². The van der Waals surface area contributed by atoms with Crippen LogP contribution in [-0.2, 0) is 5.60 Å². The van der Waals surface area contributed by atoms with E-state index in [4.69, 9.17) is 4.74 Å². The van der Waals surface area contributed by atoms with Crippen molar-refractivity contribution in [2.75, 3.05) is 25.1 Å². The Balaban J connectivity index is 2.02. The lowest BCUT2D eigenvalue weighted by atomic mass is 10.1. The molecule has 0 amide bonds. The predicted octanol–water partition coefficient (Wildman–Crippen LogP) is 1.50. The Kier molecular flexibility index (Phi) is 1.74. The van der Waals surface area contributed by atoms with Gasteiger partial charge < -0.3 is 14.7 Å². The van der Waals surface area contributed by atoms with E-state index in [1.54, 1.807) is 0 Å². The molecule has 0 bridgehead atoms. The molecule has 80 valence electrons. The van der Waals surface area contributed by atoms with Gasteiger partial charge in [0.15, 0.2) is 0 Å². The van der Waals surface area contributed by atoms with E-state index >= 15 is 0 Å². The minimum atomic E-state index is -0.561. The normalized spacial score (nSPS) is 21.9. The van der Waals surface area contributed by atoms with Gasteiger partial charge in [0.05, 0.1) is 17.8 Å². The van der Waals surface area contributed by atoms with Crippen LogP contribution in [0.3, 0.4) is 0 Å². The van der Waals surface area contributed by atoms with Crippen LogP contribution >= 0.6 is 0 Å². The summed E-state index contributed by atoms with van der Waals surface area (Å²) < 4.78 is 5.60. The second-order valence-corrected chi connectivity index (χ2v) is 4.48. The lowest BCUT2D eigenvalue weighted by Gasteiger charge is -2.28. The van der Waals surface area contributed by atoms with E-state index in [2.05, 4.69) is 11.9 Å². The van der Waals surface area contributed by atoms with Crippen molar-refractivity contribution in [3.8, 4) is 5.75 Å². The first-order chi connectivity index (χ1) is 7.19. The van der Waals surface area contributed by atoms with Crippen LogP contribution in [0.2, 0.25) is 0 Å². The lowest BCUT2D eigenvalue weighted by molar-refractivity contribution is 0.151. The van der Waals surface area contributed by atoms with Crippen LogP contribution in [0.4, 0.5) is 5.69 Å². The molecule has 0 radical (unpaired) electrons. The number of anilines is 1. The predicted molar refractivity (Wildman–Crippen MR) is 58.3 cm³/mol. The van der Waals surface area contributed by atoms with Crippen molar-refractivity contribution in [3.05, 3.63) is 23.8 Å². The van der Waals surface area contributed by atoms with Gasteiger partial charge in [0.25, 0.3) is 0 Å². The molecule has 0 spiro atoms. The summed E-state index contributed by atoms with van der Waals surface area (Å²) in [5.74, 6) is 0.904. The van der Waals surface area contributed by atoms with E-state index in [0.717, 1.165) is 43.0 Å². The quantitative estimate of drug-likeness (QED) is 0.754. The maximum atomic E-state index is 10.00. The number of nitrogens with zero attached hydrogens (tertiary/aromatic N) is 1. The highest BCUT2D eigenvalue weighted by molar-refractivity contribution is 5.61. The molecule has 3 rings (SSSR count). The molecule has 0 saturated heterocycles. The van der Waals surface area contributed by atoms with Crippen LogP contribution in [0.1, 0.15) is 18.4 Å². The topological polar surface area (TPSA) is 32.7 Å². The average Bonchev–Trinajstić information content (AvgIpc) is 2.98. The fourth-order valence-corrected chi connectivity index (χ4v) is 2.05. The number of fused-ring (bicyclic) bond motifs is 1. The number of likely N-dealkylation sites (N-methyl/N-ethyl adjacent to an activating group) is 1. The Hall–Kier alpha value is -1.22. The summed E-state index contributed by atoms with van der Waals surface area (Å²) in [5.41, 5.74) is 1.56. The maximum Gasteiger partial charge on any atom is 0.143 e. The monoisotopic (exact) mass is 205 g/mol. The molecule has 1 fully saturated rings. The molecule has 1 aliphatic carbocycles. The Bertz CT molecular complexity index is 399. The molecule has 1 saturated carbocycles. The molecule has 0 atom stereocenters. The standard InChI is InChI=1S/C12H15NO2/c1-13-6-7-15-11-8-9(2-3-10(11)13)12(14)4-5-12/h2-3,8,14H,4-7H2,1H3. The van der Waals surface area contributed by atoms with Crippen molar-refractivity contribution in [2.24, 2.45) is 0 Å². The van der Waals surface area contributed by atoms with E-state index in [1.807, 2.05) is 18.2 Å². The summed E-state index contributed by atoms with van der Waals surface area (Å²) in [6.45, 7) is 1.65. The Labute approximate surface area is 89.3 Å². The first kappa shape index (κ1) is 9.04. The maximum absolute atomic E-state index is 10.00. The molecular formula is C12H15NO2. The Morgan fingerprint density at radius 3 is 2.93 bits per heavy atom. The highest BCUT2D eigenvalue weighted by Crippen LogP contribution is 2.47. The first-order valence-corrected chi connectivity index (χ1v) is 5.40. The SMILES string of the molecule is CN1CCOc2cc(C3(O)CC3)ccc21. The summed E-state index contributed by atoms with van der Waals surface area (Å²) >= 11 is 0. The largest absolute Gasteiger partial charge is 0.490 e. The summed E-state index contributed by atoms with van der Waals surface area (Å²) in [7, 11) is 2.06. The highest BCUT2D eigenvalue weighted by atomic mass is 16.5. The van der Waals surface area contributed by atoms with Gasteiger partial charge in [-0.3, -0.25) is 0 Å². The summed E-state index contributed by atoms with van der Waals surface area (Å²) in [5, 5.41) is 10.00. The summed E-state index contributed by atoms with van der Waals surface area (Å²) in [6.07, 6.45) is 1.75. The molecule has 2 aliphatic rings. The number of hydrogen-bond donors (Lipinski definition) is 1. The molecular weight excluding hydrogens is 190 g/mol. The van der Waals surface area contributed by atoms with Gasteiger partial charge in [-0.25, -0.2) is 0 Å². The molecule has 1 N–H and O–H groups in total. The van der Waals surface area contributed by atoms with Crippen LogP contribution in [0.15, 0.2) is 18.2 Å². The van der Waals surface area contributed by atoms with Gasteiger partial charge in [-0.1, -0.05) is 6.07 Å². The zero-order valence-electron chi connectivity index (χ0n) is 8.86. The number of benzene rings is 1. The van der Waals surface area contributed by atoms with Crippen LogP contribution in [0.25, 0.3) is 0 Å². The second kappa shape index (κ2) is 2.89. The summed E-state index contributed by atoms with van der Waals surface area (Å²) in [4.78, 5) is 2.18. The van der Waals surface area contributed by atoms with E-state index in [1.165, 1.54) is 0 Å². The fraction of sp³-hybridized carbons (Fsp3) is 0.500. The third-order valence-electron chi connectivity index (χ3n) is 3.32. The van der Waals surface area contributed by atoms with Gasteiger partial charge in [0, 0.05) is 7.05 Å². The summed E-state index contributed by atoms with van der Waals surface area (Å²) in [6, 6.07) is 6.04. The number of aliphatic hydroxyl groups is 1. The van der Waals surface area contributed by atoms with Crippen molar-refractivity contribution in [3.63, 3.8) is 0 Å². The van der Waals surface area contributed by atoms with Gasteiger partial charge in [-0.2, -0.15) is 0 Å². The van der Waals surface area contributed by atoms with Crippen molar-refractivity contribution >= 4 is 5.69 Å². The zero-order valence-corrected chi connectivity index (χ0v) is 8.86. The molecule has 3 nitrogen and oxygen atoms in total. The first-order valence-electron chi connectivity index (χ1n) is 5.40. The Morgan fingerprint density at radius 1 is 1.40 bits per heavy atom. The van der Waals surface area contributed by atoms with Crippen molar-refractivity contribution in [1.82, 2.24) is 0 Å². The second-order valence-electron chi connectivity index (χ2n) is 4.48. The van der Waals surface area contributed by atoms with Crippen molar-refractivity contribution in [1.29, 1.82) is 0 Å². The molecule has 1 heterocycles. The van der Waals surface area contributed by atoms with Crippen LogP contribution in [0, 0.1) is 0 Å². The number of hydrogen-bond acceptors (Lipinski definition) is 3. The Morgan fingerprint density at radius 2 is 2.20 bits per heavy atom. The third-order valence-corrected chi connectivity index (χ3v) is 3.32. The van der Waals surface area contributed by atoms with Gasteiger partial charge in [0.1, 0.15) is 12.4 Å². The minimum Gasteiger partial charge on any atom is -0.490 e. The molecule has 15 heavy (non-hydrogen) atoms. The van der Waals surface area contributed by atoms with Crippen LogP contribution in [0.5, 0.6) is 5.75 Å². The molecule has 0 aromatic heterocycles. The molecule has 1 aliphatic heterocycles. The third kappa shape index (κ3) is 1.38. The van der Waals surface area contributed by atoms with Gasteiger partial charge in [0.2, 0.25) is 0 Å². The minimum absolute atomic E-state index is 0.561. The molecule has 0 unspecified atom stereocenters. The van der Waals surface area contributed by atoms with Gasteiger partial charge in [-0.05, 0) is 30.5 Å². The van der Waals surface area contributed by atoms with E-state index in [0.29, 0.717) is 0 Å². The average molecular weight is 205 g/mol. The highest BCUT2D eigenvalue weighted by Gasteiger charge is 2.42. The molecule has 3 heteroatoms. The zero-order chi connectivity index (χ0) is 10.5. The smallest absolute Gasteiger partial charge is 0.143 e. The van der Waals surface area contributed by atoms with Gasteiger partial charge in [-0.15, -0.1) is 0 Å². The van der Waals surface area contributed by atoms with E-state index in [9.17, 15) is 5.11 Å². The lowest BCUT2D eigenvalue weighted by Crippen LogP contribution is -2.28. The number of ether oxygens (including phenoxy) is 1.